The van der Waals surface area contributed by atoms with E-state index in [0.29, 0.717) is 24.2 Å². The van der Waals surface area contributed by atoms with Gasteiger partial charge in [0.15, 0.2) is 5.03 Å². The Morgan fingerprint density at radius 2 is 2.00 bits per heavy atom. The van der Waals surface area contributed by atoms with E-state index in [9.17, 15) is 8.42 Å². The summed E-state index contributed by atoms with van der Waals surface area (Å²) in [6.45, 7) is 2.21. The number of H-pyrrole nitrogens is 1. The molecule has 1 aromatic heterocycles. The van der Waals surface area contributed by atoms with Crippen molar-refractivity contribution in [3.05, 3.63) is 47.2 Å². The maximum atomic E-state index is 12.2. The van der Waals surface area contributed by atoms with Crippen molar-refractivity contribution in [3.63, 3.8) is 0 Å². The second-order valence-corrected chi connectivity index (χ2v) is 6.15. The molecular formula is C13H18N4O2S. The van der Waals surface area contributed by atoms with Crippen LogP contribution in [0.5, 0.6) is 0 Å². The second-order valence-electron chi connectivity index (χ2n) is 4.47. The van der Waals surface area contributed by atoms with Crippen molar-refractivity contribution < 1.29 is 8.42 Å². The van der Waals surface area contributed by atoms with Gasteiger partial charge in [0.1, 0.15) is 0 Å². The number of nitrogens with two attached hydrogens (primary N) is 1. The lowest BCUT2D eigenvalue weighted by molar-refractivity contribution is 0.576. The summed E-state index contributed by atoms with van der Waals surface area (Å²) in [4.78, 5) is 0. The second kappa shape index (κ2) is 6.17. The number of hydrogen-bond donors (Lipinski definition) is 3. The van der Waals surface area contributed by atoms with Crippen LogP contribution in [0.15, 0.2) is 35.4 Å². The molecule has 20 heavy (non-hydrogen) atoms. The quantitative estimate of drug-likeness (QED) is 0.730. The van der Waals surface area contributed by atoms with Gasteiger partial charge in [-0.15, -0.1) is 0 Å². The SMILES string of the molecule is Cc1[nH]nc(S(=O)(=O)NCCc2ccccc2)c1CN. The molecule has 1 heterocycles. The van der Waals surface area contributed by atoms with Crippen LogP contribution >= 0.6 is 0 Å². The van der Waals surface area contributed by atoms with Gasteiger partial charge in [-0.1, -0.05) is 30.3 Å². The number of benzene rings is 1. The summed E-state index contributed by atoms with van der Waals surface area (Å²) in [7, 11) is -3.62. The van der Waals surface area contributed by atoms with Gasteiger partial charge in [0.05, 0.1) is 0 Å². The molecule has 2 rings (SSSR count). The summed E-state index contributed by atoms with van der Waals surface area (Å²) >= 11 is 0. The molecule has 7 heteroatoms. The van der Waals surface area contributed by atoms with Crippen molar-refractivity contribution in [2.24, 2.45) is 5.73 Å². The predicted octanol–water partition coefficient (Wildman–Crippen LogP) is 0.698. The highest BCUT2D eigenvalue weighted by Gasteiger charge is 2.22. The Morgan fingerprint density at radius 1 is 1.30 bits per heavy atom. The molecule has 0 saturated heterocycles. The molecule has 6 nitrogen and oxygen atoms in total. The number of sulfonamides is 1. The molecule has 0 spiro atoms. The van der Waals surface area contributed by atoms with Crippen LogP contribution in [0, 0.1) is 6.92 Å². The summed E-state index contributed by atoms with van der Waals surface area (Å²) in [5, 5.41) is 6.47. The smallest absolute Gasteiger partial charge is 0.260 e. The van der Waals surface area contributed by atoms with E-state index in [1.807, 2.05) is 30.3 Å². The Labute approximate surface area is 118 Å². The molecule has 0 radical (unpaired) electrons. The highest BCUT2D eigenvalue weighted by Crippen LogP contribution is 2.15. The standard InChI is InChI=1S/C13H18N4O2S/c1-10-12(9-14)13(17-16-10)20(18,19)15-8-7-11-5-3-2-4-6-11/h2-6,15H,7-9,14H2,1H3,(H,16,17). The lowest BCUT2D eigenvalue weighted by Gasteiger charge is -2.06. The molecule has 0 bridgehead atoms. The molecular weight excluding hydrogens is 276 g/mol. The zero-order valence-electron chi connectivity index (χ0n) is 11.3. The highest BCUT2D eigenvalue weighted by molar-refractivity contribution is 7.89. The van der Waals surface area contributed by atoms with Crippen molar-refractivity contribution in [1.82, 2.24) is 14.9 Å². The Kier molecular flexibility index (Phi) is 4.53. The molecule has 4 N–H and O–H groups in total. The number of rotatable bonds is 6. The van der Waals surface area contributed by atoms with Crippen molar-refractivity contribution in [2.75, 3.05) is 6.54 Å². The van der Waals surface area contributed by atoms with Gasteiger partial charge in [0, 0.05) is 24.3 Å². The Balaban J connectivity index is 2.04. The molecule has 0 atom stereocenters. The van der Waals surface area contributed by atoms with E-state index in [-0.39, 0.29) is 11.6 Å². The van der Waals surface area contributed by atoms with E-state index >= 15 is 0 Å². The molecule has 1 aromatic carbocycles. The van der Waals surface area contributed by atoms with Crippen LogP contribution in [0.3, 0.4) is 0 Å². The Hall–Kier alpha value is -1.70. The molecule has 2 aromatic rings. The van der Waals surface area contributed by atoms with Gasteiger partial charge in [-0.3, -0.25) is 5.10 Å². The van der Waals surface area contributed by atoms with Gasteiger partial charge in [0.2, 0.25) is 0 Å². The lowest BCUT2D eigenvalue weighted by atomic mass is 10.2. The summed E-state index contributed by atoms with van der Waals surface area (Å²) in [5.74, 6) is 0. The van der Waals surface area contributed by atoms with E-state index < -0.39 is 10.0 Å². The topological polar surface area (TPSA) is 101 Å². The van der Waals surface area contributed by atoms with Crippen LogP contribution in [0.1, 0.15) is 16.8 Å². The van der Waals surface area contributed by atoms with Crippen molar-refractivity contribution in [2.45, 2.75) is 24.9 Å². The van der Waals surface area contributed by atoms with Crippen molar-refractivity contribution >= 4 is 10.0 Å². The number of aromatic amines is 1. The highest BCUT2D eigenvalue weighted by atomic mass is 32.2. The van der Waals surface area contributed by atoms with Gasteiger partial charge in [-0.25, -0.2) is 13.1 Å². The number of hydrogen-bond acceptors (Lipinski definition) is 4. The summed E-state index contributed by atoms with van der Waals surface area (Å²) in [5.41, 5.74) is 7.84. The van der Waals surface area contributed by atoms with Crippen LogP contribution < -0.4 is 10.5 Å². The van der Waals surface area contributed by atoms with Gasteiger partial charge in [0.25, 0.3) is 10.0 Å². The average Bonchev–Trinajstić information content (AvgIpc) is 2.81. The molecule has 0 unspecified atom stereocenters. The van der Waals surface area contributed by atoms with Crippen LogP contribution in [-0.4, -0.2) is 25.2 Å². The average molecular weight is 294 g/mol. The first-order valence-corrected chi connectivity index (χ1v) is 7.80. The van der Waals surface area contributed by atoms with E-state index in [2.05, 4.69) is 14.9 Å². The van der Waals surface area contributed by atoms with Gasteiger partial charge in [-0.05, 0) is 18.9 Å². The normalized spacial score (nSPS) is 11.7. The predicted molar refractivity (Wildman–Crippen MR) is 76.6 cm³/mol. The van der Waals surface area contributed by atoms with E-state index in [0.717, 1.165) is 5.56 Å². The summed E-state index contributed by atoms with van der Waals surface area (Å²) in [6.07, 6.45) is 0.626. The third-order valence-electron chi connectivity index (χ3n) is 3.04. The fourth-order valence-corrected chi connectivity index (χ4v) is 3.17. The molecule has 0 saturated carbocycles. The molecule has 0 amide bonds. The van der Waals surface area contributed by atoms with Crippen LogP contribution in [0.2, 0.25) is 0 Å². The maximum absolute atomic E-state index is 12.2. The third-order valence-corrected chi connectivity index (χ3v) is 4.47. The minimum absolute atomic E-state index is 0.00874. The van der Waals surface area contributed by atoms with Crippen LogP contribution in [-0.2, 0) is 23.0 Å². The number of aryl methyl sites for hydroxylation is 1. The van der Waals surface area contributed by atoms with Gasteiger partial charge >= 0.3 is 0 Å². The Morgan fingerprint density at radius 3 is 2.65 bits per heavy atom. The molecule has 108 valence electrons. The fraction of sp³-hybridized carbons (Fsp3) is 0.308. The van der Waals surface area contributed by atoms with E-state index in [4.69, 9.17) is 5.73 Å². The monoisotopic (exact) mass is 294 g/mol. The van der Waals surface area contributed by atoms with Gasteiger partial charge in [-0.2, -0.15) is 5.10 Å². The van der Waals surface area contributed by atoms with Crippen LogP contribution in [0.4, 0.5) is 0 Å². The minimum atomic E-state index is -3.62. The van der Waals surface area contributed by atoms with E-state index in [1.54, 1.807) is 6.92 Å². The van der Waals surface area contributed by atoms with Crippen LogP contribution in [0.25, 0.3) is 0 Å². The Bertz CT molecular complexity index is 665. The van der Waals surface area contributed by atoms with Crippen molar-refractivity contribution in [3.8, 4) is 0 Å². The first kappa shape index (κ1) is 14.7. The van der Waals surface area contributed by atoms with Crippen molar-refractivity contribution in [1.29, 1.82) is 0 Å². The first-order valence-electron chi connectivity index (χ1n) is 6.32. The zero-order chi connectivity index (χ0) is 14.6. The maximum Gasteiger partial charge on any atom is 0.260 e. The number of nitrogens with one attached hydrogen (secondary N) is 2. The molecule has 0 aliphatic carbocycles. The van der Waals surface area contributed by atoms with E-state index in [1.165, 1.54) is 0 Å². The first-order chi connectivity index (χ1) is 9.54. The summed E-state index contributed by atoms with van der Waals surface area (Å²) in [6, 6.07) is 9.69. The summed E-state index contributed by atoms with van der Waals surface area (Å²) < 4.78 is 26.9. The molecule has 0 aliphatic heterocycles. The number of aromatic nitrogens is 2. The lowest BCUT2D eigenvalue weighted by Crippen LogP contribution is -2.27. The fourth-order valence-electron chi connectivity index (χ4n) is 1.94. The largest absolute Gasteiger partial charge is 0.326 e. The molecule has 0 fully saturated rings. The zero-order valence-corrected chi connectivity index (χ0v) is 12.1. The van der Waals surface area contributed by atoms with Gasteiger partial charge < -0.3 is 5.73 Å². The number of nitrogens with zero attached hydrogens (tertiary/aromatic N) is 1. The minimum Gasteiger partial charge on any atom is -0.326 e. The molecule has 0 aliphatic rings. The third kappa shape index (κ3) is 3.24.